The van der Waals surface area contributed by atoms with Crippen LogP contribution in [-0.2, 0) is 0 Å². The largest absolute Gasteiger partial charge is 0.314 e. The van der Waals surface area contributed by atoms with Gasteiger partial charge in [0.25, 0.3) is 0 Å². The maximum Gasteiger partial charge on any atom is 0.137 e. The Hall–Kier alpha value is -0.460. The third kappa shape index (κ3) is 3.32. The van der Waals surface area contributed by atoms with Gasteiger partial charge < -0.3 is 5.32 Å². The Labute approximate surface area is 141 Å². The predicted octanol–water partition coefficient (Wildman–Crippen LogP) is 4.30. The summed E-state index contributed by atoms with van der Waals surface area (Å²) >= 11 is 11.1. The zero-order valence-electron chi connectivity index (χ0n) is 11.3. The Morgan fingerprint density at radius 3 is 2.67 bits per heavy atom. The fraction of sp³-hybridized carbons (Fsp3) is 0.333. The van der Waals surface area contributed by atoms with Crippen LogP contribution in [0.1, 0.15) is 16.5 Å². The third-order valence-corrected chi connectivity index (χ3v) is 5.78. The van der Waals surface area contributed by atoms with Gasteiger partial charge in [-0.2, -0.15) is 0 Å². The lowest BCUT2D eigenvalue weighted by atomic mass is 10.0. The molecule has 21 heavy (non-hydrogen) atoms. The molecule has 0 spiro atoms. The molecule has 6 heteroatoms. The van der Waals surface area contributed by atoms with Crippen LogP contribution in [0.3, 0.4) is 0 Å². The molecule has 1 fully saturated rings. The molecular weight excluding hydrogens is 375 g/mol. The summed E-state index contributed by atoms with van der Waals surface area (Å²) in [6.07, 6.45) is 0. The van der Waals surface area contributed by atoms with Crippen LogP contribution in [0.4, 0.5) is 4.39 Å². The predicted molar refractivity (Wildman–Crippen MR) is 89.7 cm³/mol. The van der Waals surface area contributed by atoms with Gasteiger partial charge in [-0.05, 0) is 39.7 Å². The lowest BCUT2D eigenvalue weighted by Gasteiger charge is -2.35. The summed E-state index contributed by atoms with van der Waals surface area (Å²) in [6, 6.07) is 9.20. The van der Waals surface area contributed by atoms with Crippen LogP contribution >= 0.6 is 38.9 Å². The Morgan fingerprint density at radius 1 is 1.24 bits per heavy atom. The van der Waals surface area contributed by atoms with Crippen LogP contribution in [0.25, 0.3) is 0 Å². The lowest BCUT2D eigenvalue weighted by molar-refractivity contribution is 0.200. The molecule has 1 aromatic carbocycles. The lowest BCUT2D eigenvalue weighted by Crippen LogP contribution is -2.45. The van der Waals surface area contributed by atoms with Crippen molar-refractivity contribution in [3.05, 3.63) is 55.4 Å². The second-order valence-corrected chi connectivity index (χ2v) is 7.51. The van der Waals surface area contributed by atoms with Crippen LogP contribution in [0.5, 0.6) is 0 Å². The summed E-state index contributed by atoms with van der Waals surface area (Å²) in [5.74, 6) is -0.227. The van der Waals surface area contributed by atoms with Gasteiger partial charge in [0.2, 0.25) is 0 Å². The number of thiophene rings is 1. The number of benzene rings is 1. The molecule has 1 atom stereocenters. The highest BCUT2D eigenvalue weighted by molar-refractivity contribution is 9.10. The smallest absolute Gasteiger partial charge is 0.137 e. The van der Waals surface area contributed by atoms with E-state index in [9.17, 15) is 4.39 Å². The number of piperazine rings is 1. The van der Waals surface area contributed by atoms with Crippen LogP contribution in [0.2, 0.25) is 4.34 Å². The fourth-order valence-electron chi connectivity index (χ4n) is 2.68. The quantitative estimate of drug-likeness (QED) is 0.842. The highest BCUT2D eigenvalue weighted by atomic mass is 79.9. The molecule has 2 heterocycles. The molecule has 2 aromatic rings. The van der Waals surface area contributed by atoms with E-state index < -0.39 is 0 Å². The highest BCUT2D eigenvalue weighted by Gasteiger charge is 2.27. The molecule has 1 aliphatic rings. The van der Waals surface area contributed by atoms with Crippen LogP contribution < -0.4 is 5.32 Å². The molecule has 1 aromatic heterocycles. The molecular formula is C15H15BrClFN2S. The van der Waals surface area contributed by atoms with Gasteiger partial charge >= 0.3 is 0 Å². The first-order valence-corrected chi connectivity index (χ1v) is 8.79. The average molecular weight is 390 g/mol. The maximum absolute atomic E-state index is 13.9. The van der Waals surface area contributed by atoms with Crippen molar-refractivity contribution in [2.75, 3.05) is 26.2 Å². The molecule has 0 saturated carbocycles. The molecule has 3 rings (SSSR count). The second-order valence-electron chi connectivity index (χ2n) is 4.97. The number of halogens is 3. The van der Waals surface area contributed by atoms with Crippen LogP contribution in [0, 0.1) is 5.82 Å². The van der Waals surface area contributed by atoms with E-state index in [4.69, 9.17) is 11.6 Å². The van der Waals surface area contributed by atoms with Gasteiger partial charge in [0, 0.05) is 31.1 Å². The van der Waals surface area contributed by atoms with Crippen molar-refractivity contribution >= 4 is 38.9 Å². The first kappa shape index (κ1) is 15.4. The first-order chi connectivity index (χ1) is 10.2. The zero-order valence-corrected chi connectivity index (χ0v) is 14.4. The van der Waals surface area contributed by atoms with E-state index in [1.54, 1.807) is 17.4 Å². The molecule has 0 unspecified atom stereocenters. The first-order valence-electron chi connectivity index (χ1n) is 6.81. The average Bonchev–Trinajstić information content (AvgIpc) is 2.91. The summed E-state index contributed by atoms with van der Waals surface area (Å²) in [4.78, 5) is 3.52. The summed E-state index contributed by atoms with van der Waals surface area (Å²) in [5.41, 5.74) is 0.954. The number of hydrogen-bond acceptors (Lipinski definition) is 3. The Kier molecular flexibility index (Phi) is 4.96. The topological polar surface area (TPSA) is 15.3 Å². The SMILES string of the molecule is Fc1cccc([C@H](c2ccc(Cl)s2)N2CCNCC2)c1Br. The van der Waals surface area contributed by atoms with Gasteiger partial charge in [-0.3, -0.25) is 4.90 Å². The summed E-state index contributed by atoms with van der Waals surface area (Å²) in [7, 11) is 0. The highest BCUT2D eigenvalue weighted by Crippen LogP contribution is 2.38. The number of nitrogens with zero attached hydrogens (tertiary/aromatic N) is 1. The second kappa shape index (κ2) is 6.75. The zero-order chi connectivity index (χ0) is 14.8. The summed E-state index contributed by atoms with van der Waals surface area (Å²) < 4.78 is 15.2. The molecule has 0 bridgehead atoms. The minimum absolute atomic E-state index is 0.0367. The van der Waals surface area contributed by atoms with Gasteiger partial charge in [0.15, 0.2) is 0 Å². The van der Waals surface area contributed by atoms with Crippen molar-refractivity contribution in [3.63, 3.8) is 0 Å². The van der Waals surface area contributed by atoms with Crippen molar-refractivity contribution in [2.45, 2.75) is 6.04 Å². The number of rotatable bonds is 3. The molecule has 1 aliphatic heterocycles. The summed E-state index contributed by atoms with van der Waals surface area (Å²) in [6.45, 7) is 3.76. The van der Waals surface area contributed by atoms with Gasteiger partial charge in [-0.15, -0.1) is 11.3 Å². The molecule has 0 amide bonds. The third-order valence-electron chi connectivity index (χ3n) is 3.66. The van der Waals surface area contributed by atoms with Crippen molar-refractivity contribution < 1.29 is 4.39 Å². The van der Waals surface area contributed by atoms with Gasteiger partial charge in [-0.1, -0.05) is 23.7 Å². The minimum atomic E-state index is -0.227. The number of nitrogens with one attached hydrogen (secondary N) is 1. The molecule has 1 N–H and O–H groups in total. The van der Waals surface area contributed by atoms with E-state index in [1.165, 1.54) is 6.07 Å². The normalized spacial score (nSPS) is 17.9. The molecule has 0 radical (unpaired) electrons. The van der Waals surface area contributed by atoms with Crippen LogP contribution in [-0.4, -0.2) is 31.1 Å². The van der Waals surface area contributed by atoms with E-state index in [0.29, 0.717) is 4.47 Å². The van der Waals surface area contributed by atoms with Crippen LogP contribution in [0.15, 0.2) is 34.8 Å². The van der Waals surface area contributed by atoms with Gasteiger partial charge in [0.1, 0.15) is 5.82 Å². The van der Waals surface area contributed by atoms with Gasteiger partial charge in [-0.25, -0.2) is 4.39 Å². The van der Waals surface area contributed by atoms with E-state index in [-0.39, 0.29) is 11.9 Å². The molecule has 112 valence electrons. The van der Waals surface area contributed by atoms with E-state index >= 15 is 0 Å². The summed E-state index contributed by atoms with van der Waals surface area (Å²) in [5, 5.41) is 3.35. The van der Waals surface area contributed by atoms with E-state index in [2.05, 4.69) is 26.1 Å². The van der Waals surface area contributed by atoms with Gasteiger partial charge in [0.05, 0.1) is 14.9 Å². The van der Waals surface area contributed by atoms with Crippen molar-refractivity contribution in [1.82, 2.24) is 10.2 Å². The fourth-order valence-corrected chi connectivity index (χ4v) is 4.37. The van der Waals surface area contributed by atoms with Crippen molar-refractivity contribution in [2.24, 2.45) is 0 Å². The van der Waals surface area contributed by atoms with E-state index in [1.807, 2.05) is 18.2 Å². The Balaban J connectivity index is 2.04. The molecule has 1 saturated heterocycles. The van der Waals surface area contributed by atoms with Crippen molar-refractivity contribution in [1.29, 1.82) is 0 Å². The monoisotopic (exact) mass is 388 g/mol. The standard InChI is InChI=1S/C15H15BrClFN2S/c16-14-10(2-1-3-11(14)18)15(12-4-5-13(17)21-12)20-8-6-19-7-9-20/h1-5,15,19H,6-9H2/t15-/m1/s1. The number of hydrogen-bond donors (Lipinski definition) is 1. The Morgan fingerprint density at radius 2 is 2.00 bits per heavy atom. The molecule has 2 nitrogen and oxygen atoms in total. The van der Waals surface area contributed by atoms with E-state index in [0.717, 1.165) is 41.0 Å². The minimum Gasteiger partial charge on any atom is -0.314 e. The maximum atomic E-state index is 13.9. The Bertz CT molecular complexity index is 628. The van der Waals surface area contributed by atoms with Crippen molar-refractivity contribution in [3.8, 4) is 0 Å². The molecule has 0 aliphatic carbocycles.